The largest absolute Gasteiger partial charge is 0.497 e. The molecule has 0 saturated carbocycles. The van der Waals surface area contributed by atoms with E-state index in [4.69, 9.17) is 27.9 Å². The predicted molar refractivity (Wildman–Crippen MR) is 82.7 cm³/mol. The van der Waals surface area contributed by atoms with Crippen molar-refractivity contribution in [1.29, 1.82) is 0 Å². The van der Waals surface area contributed by atoms with Gasteiger partial charge in [0.05, 0.1) is 7.11 Å². The van der Waals surface area contributed by atoms with E-state index in [1.807, 2.05) is 36.4 Å². The van der Waals surface area contributed by atoms with Crippen LogP contribution in [-0.4, -0.2) is 24.4 Å². The normalized spacial score (nSPS) is 10.8. The fraction of sp³-hybridized carbons (Fsp3) is 0.267. The monoisotopic (exact) mass is 311 g/mol. The SMILES string of the molecule is COc1ccc2cccc(CCNC(=O)C(Cl)Cl)c2c1. The minimum atomic E-state index is -1.03. The molecule has 2 rings (SSSR count). The number of ether oxygens (including phenoxy) is 1. The third kappa shape index (κ3) is 3.56. The molecular formula is C15H15Cl2NO2. The van der Waals surface area contributed by atoms with Gasteiger partial charge in [0.15, 0.2) is 4.84 Å². The highest BCUT2D eigenvalue weighted by Crippen LogP contribution is 2.24. The standard InChI is InChI=1S/C15H15Cl2NO2/c1-20-12-6-5-10-3-2-4-11(13(10)9-12)7-8-18-15(19)14(16)17/h2-6,9,14H,7-8H2,1H3,(H,18,19). The highest BCUT2D eigenvalue weighted by molar-refractivity contribution is 6.53. The summed E-state index contributed by atoms with van der Waals surface area (Å²) < 4.78 is 5.25. The minimum absolute atomic E-state index is 0.369. The van der Waals surface area contributed by atoms with E-state index in [9.17, 15) is 4.79 Å². The van der Waals surface area contributed by atoms with Crippen LogP contribution in [0.4, 0.5) is 0 Å². The Morgan fingerprint density at radius 2 is 2.10 bits per heavy atom. The molecule has 0 aromatic heterocycles. The quantitative estimate of drug-likeness (QED) is 0.860. The highest BCUT2D eigenvalue weighted by Gasteiger charge is 2.10. The average molecular weight is 312 g/mol. The topological polar surface area (TPSA) is 38.3 Å². The zero-order valence-corrected chi connectivity index (χ0v) is 12.5. The van der Waals surface area contributed by atoms with E-state index in [1.54, 1.807) is 7.11 Å². The summed E-state index contributed by atoms with van der Waals surface area (Å²) in [5.41, 5.74) is 1.14. The van der Waals surface area contributed by atoms with E-state index in [2.05, 4.69) is 5.32 Å². The smallest absolute Gasteiger partial charge is 0.253 e. The van der Waals surface area contributed by atoms with Crippen LogP contribution < -0.4 is 10.1 Å². The van der Waals surface area contributed by atoms with Crippen molar-refractivity contribution in [1.82, 2.24) is 5.32 Å². The molecule has 0 heterocycles. The summed E-state index contributed by atoms with van der Waals surface area (Å²) in [6, 6.07) is 12.0. The predicted octanol–water partition coefficient (Wildman–Crippen LogP) is 3.31. The van der Waals surface area contributed by atoms with Crippen molar-refractivity contribution in [3.05, 3.63) is 42.0 Å². The molecule has 0 radical (unpaired) electrons. The Morgan fingerprint density at radius 1 is 1.30 bits per heavy atom. The Morgan fingerprint density at radius 3 is 2.80 bits per heavy atom. The number of amides is 1. The number of methoxy groups -OCH3 is 1. The second-order valence-corrected chi connectivity index (χ2v) is 5.44. The number of halogens is 2. The van der Waals surface area contributed by atoms with Crippen LogP contribution in [0.2, 0.25) is 0 Å². The number of fused-ring (bicyclic) bond motifs is 1. The lowest BCUT2D eigenvalue weighted by molar-refractivity contribution is -0.119. The molecule has 2 aromatic carbocycles. The number of benzene rings is 2. The van der Waals surface area contributed by atoms with E-state index < -0.39 is 4.84 Å². The van der Waals surface area contributed by atoms with Crippen LogP contribution >= 0.6 is 23.2 Å². The van der Waals surface area contributed by atoms with Gasteiger partial charge in [-0.3, -0.25) is 4.79 Å². The number of rotatable bonds is 5. The fourth-order valence-electron chi connectivity index (χ4n) is 2.06. The Bertz CT molecular complexity index is 614. The van der Waals surface area contributed by atoms with E-state index in [-0.39, 0.29) is 5.91 Å². The average Bonchev–Trinajstić information content (AvgIpc) is 2.46. The highest BCUT2D eigenvalue weighted by atomic mass is 35.5. The van der Waals surface area contributed by atoms with E-state index in [1.165, 1.54) is 0 Å². The number of alkyl halides is 2. The summed E-state index contributed by atoms with van der Waals surface area (Å²) >= 11 is 11.0. The molecule has 0 saturated heterocycles. The molecule has 0 unspecified atom stereocenters. The van der Waals surface area contributed by atoms with Crippen LogP contribution in [0, 0.1) is 0 Å². The van der Waals surface area contributed by atoms with Gasteiger partial charge in [-0.25, -0.2) is 0 Å². The van der Waals surface area contributed by atoms with Crippen molar-refractivity contribution in [3.8, 4) is 5.75 Å². The van der Waals surface area contributed by atoms with Crippen molar-refractivity contribution >= 4 is 39.9 Å². The Balaban J connectivity index is 2.15. The first-order valence-electron chi connectivity index (χ1n) is 6.23. The molecule has 106 valence electrons. The van der Waals surface area contributed by atoms with Gasteiger partial charge in [0, 0.05) is 6.54 Å². The molecule has 0 aliphatic heterocycles. The van der Waals surface area contributed by atoms with Crippen LogP contribution in [0.25, 0.3) is 10.8 Å². The summed E-state index contributed by atoms with van der Waals surface area (Å²) in [6.45, 7) is 0.491. The van der Waals surface area contributed by atoms with Gasteiger partial charge >= 0.3 is 0 Å². The molecule has 0 bridgehead atoms. The maximum atomic E-state index is 11.3. The lowest BCUT2D eigenvalue weighted by atomic mass is 10.0. The summed E-state index contributed by atoms with van der Waals surface area (Å²) in [6.07, 6.45) is 0.705. The lowest BCUT2D eigenvalue weighted by Crippen LogP contribution is -2.30. The van der Waals surface area contributed by atoms with Gasteiger partial charge in [0.2, 0.25) is 0 Å². The number of hydrogen-bond donors (Lipinski definition) is 1. The number of carbonyl (C=O) groups excluding carboxylic acids is 1. The third-order valence-electron chi connectivity index (χ3n) is 3.07. The van der Waals surface area contributed by atoms with Crippen LogP contribution in [-0.2, 0) is 11.2 Å². The molecule has 5 heteroatoms. The molecule has 0 aliphatic rings. The maximum absolute atomic E-state index is 11.3. The van der Waals surface area contributed by atoms with Gasteiger partial charge in [-0.1, -0.05) is 47.5 Å². The molecule has 1 N–H and O–H groups in total. The maximum Gasteiger partial charge on any atom is 0.253 e. The molecule has 0 spiro atoms. The molecule has 0 fully saturated rings. The summed E-state index contributed by atoms with van der Waals surface area (Å²) in [7, 11) is 1.64. The van der Waals surface area contributed by atoms with Crippen LogP contribution in [0.1, 0.15) is 5.56 Å². The lowest BCUT2D eigenvalue weighted by Gasteiger charge is -2.09. The molecule has 2 aromatic rings. The molecule has 1 amide bonds. The Hall–Kier alpha value is -1.45. The molecule has 0 aliphatic carbocycles. The van der Waals surface area contributed by atoms with Gasteiger partial charge < -0.3 is 10.1 Å². The van der Waals surface area contributed by atoms with Crippen molar-refractivity contribution in [2.45, 2.75) is 11.3 Å². The third-order valence-corrected chi connectivity index (χ3v) is 3.47. The summed E-state index contributed by atoms with van der Waals surface area (Å²) in [5, 5.41) is 4.95. The number of nitrogens with one attached hydrogen (secondary N) is 1. The zero-order chi connectivity index (χ0) is 14.5. The van der Waals surface area contributed by atoms with Gasteiger partial charge in [0.25, 0.3) is 5.91 Å². The Labute approximate surface area is 127 Å². The van der Waals surface area contributed by atoms with Crippen molar-refractivity contribution in [2.75, 3.05) is 13.7 Å². The second kappa shape index (κ2) is 6.82. The van der Waals surface area contributed by atoms with Crippen molar-refractivity contribution < 1.29 is 9.53 Å². The first-order valence-corrected chi connectivity index (χ1v) is 7.10. The van der Waals surface area contributed by atoms with Crippen LogP contribution in [0.15, 0.2) is 36.4 Å². The first kappa shape index (κ1) is 14.9. The van der Waals surface area contributed by atoms with E-state index in [0.29, 0.717) is 13.0 Å². The van der Waals surface area contributed by atoms with Crippen molar-refractivity contribution in [3.63, 3.8) is 0 Å². The molecule has 20 heavy (non-hydrogen) atoms. The number of carbonyl (C=O) groups is 1. The van der Waals surface area contributed by atoms with Crippen molar-refractivity contribution in [2.24, 2.45) is 0 Å². The van der Waals surface area contributed by atoms with Gasteiger partial charge in [0.1, 0.15) is 5.75 Å². The molecule has 0 atom stereocenters. The van der Waals surface area contributed by atoms with Gasteiger partial charge in [-0.15, -0.1) is 0 Å². The number of hydrogen-bond acceptors (Lipinski definition) is 2. The fourth-order valence-corrected chi connectivity index (χ4v) is 2.21. The first-order chi connectivity index (χ1) is 9.61. The molecular weight excluding hydrogens is 297 g/mol. The minimum Gasteiger partial charge on any atom is -0.497 e. The van der Waals surface area contributed by atoms with Crippen LogP contribution in [0.5, 0.6) is 5.75 Å². The van der Waals surface area contributed by atoms with Gasteiger partial charge in [-0.05, 0) is 34.9 Å². The van der Waals surface area contributed by atoms with E-state index >= 15 is 0 Å². The van der Waals surface area contributed by atoms with E-state index in [0.717, 1.165) is 22.1 Å². The zero-order valence-electron chi connectivity index (χ0n) is 11.0. The van der Waals surface area contributed by atoms with Gasteiger partial charge in [-0.2, -0.15) is 0 Å². The molecule has 3 nitrogen and oxygen atoms in total. The van der Waals surface area contributed by atoms with Crippen LogP contribution in [0.3, 0.4) is 0 Å². The second-order valence-electron chi connectivity index (χ2n) is 4.35. The Kier molecular flexibility index (Phi) is 5.10. The summed E-state index contributed by atoms with van der Waals surface area (Å²) in [5.74, 6) is 0.446. The summed E-state index contributed by atoms with van der Waals surface area (Å²) in [4.78, 5) is 10.3.